The van der Waals surface area contributed by atoms with Gasteiger partial charge in [0, 0.05) is 42.3 Å². The third-order valence-corrected chi connectivity index (χ3v) is 3.98. The van der Waals surface area contributed by atoms with E-state index in [2.05, 4.69) is 35.2 Å². The fourth-order valence-corrected chi connectivity index (χ4v) is 2.95. The highest BCUT2D eigenvalue weighted by Crippen LogP contribution is 2.24. The van der Waals surface area contributed by atoms with E-state index in [1.165, 1.54) is 43.4 Å². The van der Waals surface area contributed by atoms with Crippen molar-refractivity contribution in [1.82, 2.24) is 4.98 Å². The van der Waals surface area contributed by atoms with Crippen LogP contribution < -0.4 is 10.6 Å². The molecule has 1 aromatic carbocycles. The molecule has 0 saturated carbocycles. The van der Waals surface area contributed by atoms with Crippen LogP contribution in [0.25, 0.3) is 10.9 Å². The van der Waals surface area contributed by atoms with Crippen molar-refractivity contribution in [2.24, 2.45) is 5.73 Å². The van der Waals surface area contributed by atoms with Crippen LogP contribution in [0.3, 0.4) is 0 Å². The Morgan fingerprint density at radius 3 is 2.70 bits per heavy atom. The first kappa shape index (κ1) is 13.4. The van der Waals surface area contributed by atoms with Crippen LogP contribution in [0.1, 0.15) is 31.9 Å². The van der Waals surface area contributed by atoms with Gasteiger partial charge in [-0.05, 0) is 50.5 Å². The van der Waals surface area contributed by atoms with Crippen molar-refractivity contribution in [3.63, 3.8) is 0 Å². The maximum Gasteiger partial charge on any atom is 0.0706 e. The summed E-state index contributed by atoms with van der Waals surface area (Å²) < 4.78 is 0. The highest BCUT2D eigenvalue weighted by molar-refractivity contribution is 5.82. The molecule has 3 heteroatoms. The molecule has 2 N–H and O–H groups in total. The number of rotatable bonds is 3. The van der Waals surface area contributed by atoms with Crippen molar-refractivity contribution < 1.29 is 0 Å². The smallest absolute Gasteiger partial charge is 0.0706 e. The summed E-state index contributed by atoms with van der Waals surface area (Å²) >= 11 is 0. The minimum absolute atomic E-state index is 0.160. The summed E-state index contributed by atoms with van der Waals surface area (Å²) in [7, 11) is 0. The standard InChI is InChI=1S/C17H23N3/c1-13(18)11-15-6-5-14-12-16(7-8-17(14)19-15)20-9-3-2-4-10-20/h5-8,12-13H,2-4,9-11,18H2,1H3. The molecule has 3 nitrogen and oxygen atoms in total. The van der Waals surface area contributed by atoms with Gasteiger partial charge in [0.05, 0.1) is 5.52 Å². The first-order valence-electron chi connectivity index (χ1n) is 7.62. The quantitative estimate of drug-likeness (QED) is 0.931. The number of hydrogen-bond donors (Lipinski definition) is 1. The maximum atomic E-state index is 5.84. The molecule has 1 aromatic heterocycles. The monoisotopic (exact) mass is 269 g/mol. The summed E-state index contributed by atoms with van der Waals surface area (Å²) in [4.78, 5) is 7.19. The predicted octanol–water partition coefficient (Wildman–Crippen LogP) is 3.11. The van der Waals surface area contributed by atoms with Gasteiger partial charge in [-0.1, -0.05) is 6.07 Å². The van der Waals surface area contributed by atoms with Gasteiger partial charge in [-0.25, -0.2) is 0 Å². The zero-order chi connectivity index (χ0) is 13.9. The van der Waals surface area contributed by atoms with Gasteiger partial charge < -0.3 is 10.6 Å². The Morgan fingerprint density at radius 2 is 1.95 bits per heavy atom. The third kappa shape index (κ3) is 2.93. The summed E-state index contributed by atoms with van der Waals surface area (Å²) in [6.45, 7) is 4.38. The van der Waals surface area contributed by atoms with Crippen LogP contribution in [0.5, 0.6) is 0 Å². The Bertz CT molecular complexity index is 586. The zero-order valence-corrected chi connectivity index (χ0v) is 12.2. The van der Waals surface area contributed by atoms with Crippen molar-refractivity contribution in [3.8, 4) is 0 Å². The van der Waals surface area contributed by atoms with Crippen LogP contribution in [-0.2, 0) is 6.42 Å². The number of nitrogens with two attached hydrogens (primary N) is 1. The van der Waals surface area contributed by atoms with E-state index in [4.69, 9.17) is 10.7 Å². The molecule has 1 aliphatic rings. The molecule has 0 spiro atoms. The second kappa shape index (κ2) is 5.80. The lowest BCUT2D eigenvalue weighted by atomic mass is 10.1. The topological polar surface area (TPSA) is 42.1 Å². The van der Waals surface area contributed by atoms with Crippen LogP contribution in [-0.4, -0.2) is 24.1 Å². The molecule has 1 fully saturated rings. The molecule has 0 amide bonds. The maximum absolute atomic E-state index is 5.84. The van der Waals surface area contributed by atoms with Crippen molar-refractivity contribution in [2.45, 2.75) is 38.6 Å². The van der Waals surface area contributed by atoms with E-state index < -0.39 is 0 Å². The van der Waals surface area contributed by atoms with E-state index in [1.807, 2.05) is 6.92 Å². The lowest BCUT2D eigenvalue weighted by Gasteiger charge is -2.29. The number of aromatic nitrogens is 1. The molecule has 1 saturated heterocycles. The van der Waals surface area contributed by atoms with E-state index in [0.717, 1.165) is 17.6 Å². The van der Waals surface area contributed by atoms with Gasteiger partial charge in [-0.2, -0.15) is 0 Å². The molecule has 0 aliphatic carbocycles. The molecule has 106 valence electrons. The largest absolute Gasteiger partial charge is 0.372 e. The van der Waals surface area contributed by atoms with E-state index in [0.29, 0.717) is 0 Å². The van der Waals surface area contributed by atoms with Crippen LogP contribution in [0.15, 0.2) is 30.3 Å². The van der Waals surface area contributed by atoms with Gasteiger partial charge in [0.1, 0.15) is 0 Å². The van der Waals surface area contributed by atoms with Gasteiger partial charge in [-0.15, -0.1) is 0 Å². The molecular formula is C17H23N3. The van der Waals surface area contributed by atoms with Gasteiger partial charge >= 0.3 is 0 Å². The second-order valence-corrected chi connectivity index (χ2v) is 5.91. The van der Waals surface area contributed by atoms with Crippen molar-refractivity contribution in [1.29, 1.82) is 0 Å². The van der Waals surface area contributed by atoms with Gasteiger partial charge in [0.25, 0.3) is 0 Å². The Labute approximate surface area is 120 Å². The van der Waals surface area contributed by atoms with Gasteiger partial charge in [-0.3, -0.25) is 4.98 Å². The molecule has 1 unspecified atom stereocenters. The predicted molar refractivity (Wildman–Crippen MR) is 85.2 cm³/mol. The lowest BCUT2D eigenvalue weighted by molar-refractivity contribution is 0.578. The Hall–Kier alpha value is -1.61. The average molecular weight is 269 g/mol. The molecule has 2 heterocycles. The summed E-state index contributed by atoms with van der Waals surface area (Å²) in [5.74, 6) is 0. The average Bonchev–Trinajstić information content (AvgIpc) is 2.47. The number of pyridine rings is 1. The first-order valence-corrected chi connectivity index (χ1v) is 7.62. The molecule has 2 aromatic rings. The van der Waals surface area contributed by atoms with Crippen molar-refractivity contribution >= 4 is 16.6 Å². The Morgan fingerprint density at radius 1 is 1.15 bits per heavy atom. The fourth-order valence-electron chi connectivity index (χ4n) is 2.95. The number of fused-ring (bicyclic) bond motifs is 1. The highest BCUT2D eigenvalue weighted by Gasteiger charge is 2.11. The number of nitrogens with zero attached hydrogens (tertiary/aromatic N) is 2. The molecule has 0 bridgehead atoms. The number of hydrogen-bond acceptors (Lipinski definition) is 3. The summed E-state index contributed by atoms with van der Waals surface area (Å²) in [6, 6.07) is 11.1. The molecule has 1 aliphatic heterocycles. The Kier molecular flexibility index (Phi) is 3.88. The van der Waals surface area contributed by atoms with Crippen LogP contribution in [0, 0.1) is 0 Å². The molecular weight excluding hydrogens is 246 g/mol. The summed E-state index contributed by atoms with van der Waals surface area (Å²) in [5.41, 5.74) is 9.33. The fraction of sp³-hybridized carbons (Fsp3) is 0.471. The van der Waals surface area contributed by atoms with Gasteiger partial charge in [0.15, 0.2) is 0 Å². The SMILES string of the molecule is CC(N)Cc1ccc2cc(N3CCCCC3)ccc2n1. The summed E-state index contributed by atoms with van der Waals surface area (Å²) in [6.07, 6.45) is 4.82. The zero-order valence-electron chi connectivity index (χ0n) is 12.2. The molecule has 1 atom stereocenters. The van der Waals surface area contributed by atoms with Crippen LogP contribution in [0.4, 0.5) is 5.69 Å². The minimum Gasteiger partial charge on any atom is -0.372 e. The molecule has 3 rings (SSSR count). The van der Waals surface area contributed by atoms with Crippen LogP contribution in [0.2, 0.25) is 0 Å². The first-order chi connectivity index (χ1) is 9.72. The van der Waals surface area contributed by atoms with Crippen molar-refractivity contribution in [3.05, 3.63) is 36.0 Å². The Balaban J connectivity index is 1.87. The second-order valence-electron chi connectivity index (χ2n) is 5.91. The highest BCUT2D eigenvalue weighted by atomic mass is 15.1. The molecule has 20 heavy (non-hydrogen) atoms. The number of piperidine rings is 1. The lowest BCUT2D eigenvalue weighted by Crippen LogP contribution is -2.29. The molecule has 0 radical (unpaired) electrons. The number of benzene rings is 1. The van der Waals surface area contributed by atoms with Gasteiger partial charge in [0.2, 0.25) is 0 Å². The van der Waals surface area contributed by atoms with E-state index >= 15 is 0 Å². The normalized spacial score (nSPS) is 17.4. The third-order valence-electron chi connectivity index (χ3n) is 3.98. The van der Waals surface area contributed by atoms with E-state index in [9.17, 15) is 0 Å². The van der Waals surface area contributed by atoms with Crippen molar-refractivity contribution in [2.75, 3.05) is 18.0 Å². The van der Waals surface area contributed by atoms with Crippen LogP contribution >= 0.6 is 0 Å². The summed E-state index contributed by atoms with van der Waals surface area (Å²) in [5, 5.41) is 1.22. The number of anilines is 1. The minimum atomic E-state index is 0.160. The van der Waals surface area contributed by atoms with E-state index in [-0.39, 0.29) is 6.04 Å². The van der Waals surface area contributed by atoms with E-state index in [1.54, 1.807) is 0 Å².